The molecule has 11 nitrogen and oxygen atoms in total. The number of rotatable bonds is 11. The van der Waals surface area contributed by atoms with E-state index in [4.69, 9.17) is 14.5 Å². The van der Waals surface area contributed by atoms with Crippen molar-refractivity contribution >= 4 is 23.3 Å². The highest BCUT2D eigenvalue weighted by Gasteiger charge is 2.27. The Morgan fingerprint density at radius 3 is 2.53 bits per heavy atom. The Bertz CT molecular complexity index is 1520. The molecule has 0 bridgehead atoms. The van der Waals surface area contributed by atoms with Crippen molar-refractivity contribution in [2.24, 2.45) is 4.99 Å². The SMILES string of the molecule is CCNC(=O)c1cc(C(=O)Nc2ncc(OC)nc2C)c(C)cc1O[C@H](CN1CCN=C(C)C1)c1ccc(C2CC2)cn1. The second-order valence-corrected chi connectivity index (χ2v) is 11.1. The van der Waals surface area contributed by atoms with E-state index in [1.807, 2.05) is 33.0 Å². The molecule has 3 heterocycles. The van der Waals surface area contributed by atoms with Crippen molar-refractivity contribution in [2.75, 3.05) is 45.2 Å². The van der Waals surface area contributed by atoms with Crippen LogP contribution >= 0.6 is 0 Å². The summed E-state index contributed by atoms with van der Waals surface area (Å²) in [4.78, 5) is 46.9. The summed E-state index contributed by atoms with van der Waals surface area (Å²) in [5.41, 5.74) is 4.87. The maximum atomic E-state index is 13.4. The number of aromatic nitrogens is 3. The standard InChI is InChI=1S/C32H39N7O4/c1-6-33-31(40)25-14-24(32(41)38-30-21(4)37-29(42-5)16-36-30)19(2)13-27(25)43-28(18-39-12-11-34-20(3)17-39)26-10-9-23(15-35-26)22-7-8-22/h9-10,13-16,22,28H,6-8,11-12,17-18H2,1-5H3,(H,33,40)(H,36,38,41)/t28-/m1/s1. The molecule has 1 aliphatic carbocycles. The highest BCUT2D eigenvalue weighted by atomic mass is 16.5. The number of nitrogens with zero attached hydrogens (tertiary/aromatic N) is 5. The number of benzene rings is 1. The third-order valence-corrected chi connectivity index (χ3v) is 7.65. The lowest BCUT2D eigenvalue weighted by molar-refractivity contribution is 0.0941. The molecule has 2 aromatic heterocycles. The fraction of sp³-hybridized carbons (Fsp3) is 0.438. The van der Waals surface area contributed by atoms with Crippen LogP contribution < -0.4 is 20.1 Å². The van der Waals surface area contributed by atoms with Crippen LogP contribution in [0.5, 0.6) is 11.6 Å². The topological polar surface area (TPSA) is 131 Å². The molecule has 11 heteroatoms. The minimum absolute atomic E-state index is 0.270. The van der Waals surface area contributed by atoms with E-state index >= 15 is 0 Å². The number of hydrogen-bond donors (Lipinski definition) is 2. The third kappa shape index (κ3) is 7.34. The Balaban J connectivity index is 1.46. The summed E-state index contributed by atoms with van der Waals surface area (Å²) in [7, 11) is 1.50. The molecule has 2 aliphatic rings. The van der Waals surface area contributed by atoms with Gasteiger partial charge in [-0.15, -0.1) is 0 Å². The predicted octanol–water partition coefficient (Wildman–Crippen LogP) is 4.27. The number of aliphatic imine (C=N–C) groups is 1. The molecule has 0 unspecified atom stereocenters. The van der Waals surface area contributed by atoms with E-state index in [2.05, 4.69) is 36.6 Å². The largest absolute Gasteiger partial charge is 0.482 e. The molecule has 1 aromatic carbocycles. The third-order valence-electron chi connectivity index (χ3n) is 7.65. The van der Waals surface area contributed by atoms with Gasteiger partial charge in [0.15, 0.2) is 11.9 Å². The van der Waals surface area contributed by atoms with Crippen LogP contribution in [0.4, 0.5) is 5.82 Å². The summed E-state index contributed by atoms with van der Waals surface area (Å²) in [5, 5.41) is 5.67. The normalized spacial score (nSPS) is 15.8. The zero-order valence-corrected chi connectivity index (χ0v) is 25.4. The van der Waals surface area contributed by atoms with Crippen molar-refractivity contribution in [2.45, 2.75) is 52.6 Å². The van der Waals surface area contributed by atoms with Crippen LogP contribution in [-0.2, 0) is 0 Å². The Morgan fingerprint density at radius 2 is 1.88 bits per heavy atom. The van der Waals surface area contributed by atoms with Crippen LogP contribution in [0.2, 0.25) is 0 Å². The zero-order chi connectivity index (χ0) is 30.5. The van der Waals surface area contributed by atoms with Gasteiger partial charge in [-0.3, -0.25) is 24.5 Å². The van der Waals surface area contributed by atoms with Gasteiger partial charge in [-0.1, -0.05) is 6.07 Å². The number of ether oxygens (including phenoxy) is 2. The number of aryl methyl sites for hydroxylation is 2. The summed E-state index contributed by atoms with van der Waals surface area (Å²) in [5.74, 6) is 0.912. The van der Waals surface area contributed by atoms with E-state index in [9.17, 15) is 9.59 Å². The molecule has 5 rings (SSSR count). The van der Waals surface area contributed by atoms with Crippen LogP contribution in [0.1, 0.15) is 81.9 Å². The maximum absolute atomic E-state index is 13.4. The fourth-order valence-corrected chi connectivity index (χ4v) is 5.15. The quantitative estimate of drug-likeness (QED) is 0.341. The van der Waals surface area contributed by atoms with Crippen molar-refractivity contribution in [3.05, 3.63) is 70.3 Å². The number of nitrogens with one attached hydrogen (secondary N) is 2. The van der Waals surface area contributed by atoms with Gasteiger partial charge in [0, 0.05) is 43.7 Å². The van der Waals surface area contributed by atoms with Gasteiger partial charge in [0.25, 0.3) is 11.8 Å². The van der Waals surface area contributed by atoms with Crippen LogP contribution in [0, 0.1) is 13.8 Å². The minimum Gasteiger partial charge on any atom is -0.482 e. The van der Waals surface area contributed by atoms with E-state index in [0.717, 1.165) is 31.0 Å². The van der Waals surface area contributed by atoms with E-state index < -0.39 is 12.0 Å². The Kier molecular flexibility index (Phi) is 9.30. The van der Waals surface area contributed by atoms with Gasteiger partial charge in [-0.2, -0.15) is 0 Å². The monoisotopic (exact) mass is 585 g/mol. The van der Waals surface area contributed by atoms with Crippen molar-refractivity contribution in [3.63, 3.8) is 0 Å². The number of anilines is 1. The summed E-state index contributed by atoms with van der Waals surface area (Å²) in [6, 6.07) is 7.49. The lowest BCUT2D eigenvalue weighted by atomic mass is 10.0. The van der Waals surface area contributed by atoms with Crippen LogP contribution in [0.25, 0.3) is 0 Å². The molecule has 2 amide bonds. The molecule has 0 spiro atoms. The summed E-state index contributed by atoms with van der Waals surface area (Å²) < 4.78 is 11.8. The first-order valence-electron chi connectivity index (χ1n) is 14.7. The lowest BCUT2D eigenvalue weighted by Gasteiger charge is -2.30. The van der Waals surface area contributed by atoms with Crippen molar-refractivity contribution < 1.29 is 19.1 Å². The summed E-state index contributed by atoms with van der Waals surface area (Å²) in [6.45, 7) is 10.7. The molecule has 1 fully saturated rings. The molecular formula is C32H39N7O4. The van der Waals surface area contributed by atoms with Crippen LogP contribution in [0.15, 0.2) is 41.7 Å². The van der Waals surface area contributed by atoms with Gasteiger partial charge >= 0.3 is 0 Å². The fourth-order valence-electron chi connectivity index (χ4n) is 5.15. The van der Waals surface area contributed by atoms with Gasteiger partial charge in [0.1, 0.15) is 5.75 Å². The molecule has 3 aromatic rings. The van der Waals surface area contributed by atoms with Crippen molar-refractivity contribution in [1.82, 2.24) is 25.2 Å². The predicted molar refractivity (Wildman–Crippen MR) is 164 cm³/mol. The van der Waals surface area contributed by atoms with Crippen LogP contribution in [0.3, 0.4) is 0 Å². The summed E-state index contributed by atoms with van der Waals surface area (Å²) in [6.07, 6.45) is 5.34. The Morgan fingerprint density at radius 1 is 1.07 bits per heavy atom. The van der Waals surface area contributed by atoms with Crippen LogP contribution in [-0.4, -0.2) is 77.2 Å². The molecule has 0 saturated heterocycles. The molecule has 226 valence electrons. The molecule has 43 heavy (non-hydrogen) atoms. The van der Waals surface area contributed by atoms with Gasteiger partial charge in [-0.25, -0.2) is 9.97 Å². The van der Waals surface area contributed by atoms with E-state index in [0.29, 0.717) is 53.3 Å². The molecule has 1 saturated carbocycles. The average molecular weight is 586 g/mol. The van der Waals surface area contributed by atoms with Gasteiger partial charge in [0.2, 0.25) is 5.88 Å². The molecule has 2 N–H and O–H groups in total. The molecule has 1 aliphatic heterocycles. The van der Waals surface area contributed by atoms with Gasteiger partial charge in [-0.05, 0) is 75.8 Å². The molecule has 1 atom stereocenters. The number of amides is 2. The first-order valence-corrected chi connectivity index (χ1v) is 14.7. The number of hydrogen-bond acceptors (Lipinski definition) is 9. The smallest absolute Gasteiger partial charge is 0.257 e. The number of carbonyl (C=O) groups is 2. The first kappa shape index (κ1) is 30.1. The van der Waals surface area contributed by atoms with E-state index in [-0.39, 0.29) is 11.5 Å². The molecular weight excluding hydrogens is 546 g/mol. The highest BCUT2D eigenvalue weighted by molar-refractivity contribution is 6.07. The second-order valence-electron chi connectivity index (χ2n) is 11.1. The van der Waals surface area contributed by atoms with E-state index in [1.54, 1.807) is 19.1 Å². The number of carbonyl (C=O) groups excluding carboxylic acids is 2. The van der Waals surface area contributed by atoms with Gasteiger partial charge < -0.3 is 20.1 Å². The number of pyridine rings is 1. The van der Waals surface area contributed by atoms with E-state index in [1.165, 1.54) is 31.7 Å². The number of methoxy groups -OCH3 is 1. The lowest BCUT2D eigenvalue weighted by Crippen LogP contribution is -2.39. The Labute approximate surface area is 252 Å². The molecule has 0 radical (unpaired) electrons. The first-order chi connectivity index (χ1) is 20.7. The summed E-state index contributed by atoms with van der Waals surface area (Å²) >= 11 is 0. The second kappa shape index (κ2) is 13.3. The highest BCUT2D eigenvalue weighted by Crippen LogP contribution is 2.40. The zero-order valence-electron chi connectivity index (χ0n) is 25.4. The Hall–Kier alpha value is -4.38. The average Bonchev–Trinajstić information content (AvgIpc) is 3.84. The minimum atomic E-state index is -0.441. The van der Waals surface area contributed by atoms with Crippen molar-refractivity contribution in [3.8, 4) is 11.6 Å². The van der Waals surface area contributed by atoms with Gasteiger partial charge in [0.05, 0.1) is 36.8 Å². The van der Waals surface area contributed by atoms with Crippen molar-refractivity contribution in [1.29, 1.82) is 0 Å². The maximum Gasteiger partial charge on any atom is 0.257 e.